The number of ether oxygens (including phenoxy) is 3. The van der Waals surface area contributed by atoms with Gasteiger partial charge in [0.15, 0.2) is 6.10 Å². The van der Waals surface area contributed by atoms with Crippen molar-refractivity contribution in [3.8, 4) is 0 Å². The first-order valence-electron chi connectivity index (χ1n) is 34.4. The number of carbonyl (C=O) groups is 3. The van der Waals surface area contributed by atoms with E-state index < -0.39 is 6.10 Å². The predicted octanol–water partition coefficient (Wildman–Crippen LogP) is 23.7. The second kappa shape index (κ2) is 67.4. The third-order valence-electron chi connectivity index (χ3n) is 15.2. The summed E-state index contributed by atoms with van der Waals surface area (Å²) >= 11 is 0. The smallest absolute Gasteiger partial charge is 0.306 e. The molecule has 0 rings (SSSR count). The molecular weight excluding hydrogens is 973 g/mol. The van der Waals surface area contributed by atoms with Crippen molar-refractivity contribution in [2.75, 3.05) is 13.2 Å². The molecule has 0 spiro atoms. The van der Waals surface area contributed by atoms with Crippen LogP contribution in [0.2, 0.25) is 0 Å². The highest BCUT2D eigenvalue weighted by Gasteiger charge is 2.19. The molecular formula is C73H130O6. The van der Waals surface area contributed by atoms with E-state index in [1.165, 1.54) is 212 Å². The van der Waals surface area contributed by atoms with Crippen LogP contribution in [0.5, 0.6) is 0 Å². The molecule has 0 aromatic rings. The van der Waals surface area contributed by atoms with Gasteiger partial charge in [0.25, 0.3) is 0 Å². The molecule has 0 aliphatic rings. The van der Waals surface area contributed by atoms with Gasteiger partial charge < -0.3 is 14.2 Å². The van der Waals surface area contributed by atoms with Gasteiger partial charge in [0.1, 0.15) is 13.2 Å². The van der Waals surface area contributed by atoms with E-state index >= 15 is 0 Å². The Morgan fingerprint density at radius 2 is 0.494 bits per heavy atom. The number of allylic oxidation sites excluding steroid dienone is 12. The van der Waals surface area contributed by atoms with E-state index in [-0.39, 0.29) is 31.1 Å². The second-order valence-electron chi connectivity index (χ2n) is 23.1. The van der Waals surface area contributed by atoms with Crippen molar-refractivity contribution in [1.82, 2.24) is 0 Å². The normalized spacial score (nSPS) is 12.5. The summed E-state index contributed by atoms with van der Waals surface area (Å²) in [4.78, 5) is 38.4. The van der Waals surface area contributed by atoms with Crippen LogP contribution in [-0.4, -0.2) is 37.2 Å². The van der Waals surface area contributed by atoms with Crippen LogP contribution >= 0.6 is 0 Å². The zero-order valence-electron chi connectivity index (χ0n) is 52.6. The van der Waals surface area contributed by atoms with Crippen LogP contribution in [0.4, 0.5) is 0 Å². The number of hydrogen-bond donors (Lipinski definition) is 0. The SMILES string of the molecule is CC/C=C\C/C=C\C/C=C\C/C=C\CCCCCCCCCCCCC(=O)OCC(COC(=O)CCCCCCC/C=C\C/C=C\CCCCCC)OC(=O)CCCCCCCCCCCCCCCCCCCCCCCC. The molecule has 0 aliphatic carbocycles. The molecule has 79 heavy (non-hydrogen) atoms. The largest absolute Gasteiger partial charge is 0.462 e. The minimum absolute atomic E-state index is 0.0789. The number of rotatable bonds is 63. The number of unbranched alkanes of at least 4 members (excludes halogenated alkanes) is 40. The Morgan fingerprint density at radius 1 is 0.266 bits per heavy atom. The highest BCUT2D eigenvalue weighted by atomic mass is 16.6. The van der Waals surface area contributed by atoms with E-state index in [0.717, 1.165) is 103 Å². The summed E-state index contributed by atoms with van der Waals surface area (Å²) in [6, 6.07) is 0. The summed E-state index contributed by atoms with van der Waals surface area (Å²) in [6.45, 7) is 6.55. The molecule has 6 nitrogen and oxygen atoms in total. The molecule has 0 amide bonds. The van der Waals surface area contributed by atoms with E-state index in [1.54, 1.807) is 0 Å². The van der Waals surface area contributed by atoms with Gasteiger partial charge in [0, 0.05) is 19.3 Å². The number of esters is 3. The standard InChI is InChI=1S/C73H130O6/c1-4-7-10-13-16-19-22-25-28-31-33-35-37-39-40-42-45-48-51-54-57-60-63-66-72(75)78-69-70(68-77-71(74)65-62-59-56-53-50-47-44-30-27-24-21-18-15-12-9-6-3)79-73(76)67-64-61-58-55-52-49-46-43-41-38-36-34-32-29-26-23-20-17-14-11-8-5-2/h7,10,16,19,21,24-25,28,30,33,35,44,70H,4-6,8-9,11-15,17-18,20,22-23,26-27,29,31-32,34,36-43,45-69H2,1-3H3/b10-7-,19-16-,24-21-,28-25-,35-33-,44-30-. The van der Waals surface area contributed by atoms with Gasteiger partial charge in [0.2, 0.25) is 0 Å². The topological polar surface area (TPSA) is 78.9 Å². The highest BCUT2D eigenvalue weighted by molar-refractivity contribution is 5.71. The lowest BCUT2D eigenvalue weighted by atomic mass is 10.0. The molecule has 0 radical (unpaired) electrons. The maximum Gasteiger partial charge on any atom is 0.306 e. The van der Waals surface area contributed by atoms with Crippen LogP contribution in [0.25, 0.3) is 0 Å². The maximum absolute atomic E-state index is 13.0. The Labute approximate surface area is 491 Å². The van der Waals surface area contributed by atoms with Gasteiger partial charge in [-0.3, -0.25) is 14.4 Å². The lowest BCUT2D eigenvalue weighted by Crippen LogP contribution is -2.30. The van der Waals surface area contributed by atoms with E-state index in [0.29, 0.717) is 19.3 Å². The van der Waals surface area contributed by atoms with E-state index in [2.05, 4.69) is 93.7 Å². The molecule has 0 aromatic heterocycles. The van der Waals surface area contributed by atoms with Gasteiger partial charge in [-0.25, -0.2) is 0 Å². The van der Waals surface area contributed by atoms with Crippen molar-refractivity contribution in [3.05, 3.63) is 72.9 Å². The molecule has 1 atom stereocenters. The Kier molecular flexibility index (Phi) is 64.7. The molecule has 0 heterocycles. The molecule has 0 saturated carbocycles. The Morgan fingerprint density at radius 3 is 0.785 bits per heavy atom. The van der Waals surface area contributed by atoms with Gasteiger partial charge in [-0.2, -0.15) is 0 Å². The summed E-state index contributed by atoms with van der Waals surface area (Å²) in [5.74, 6) is -0.875. The summed E-state index contributed by atoms with van der Waals surface area (Å²) in [6.07, 6.45) is 87.7. The van der Waals surface area contributed by atoms with Crippen LogP contribution in [0, 0.1) is 0 Å². The van der Waals surface area contributed by atoms with Gasteiger partial charge in [-0.15, -0.1) is 0 Å². The van der Waals surface area contributed by atoms with Gasteiger partial charge in [-0.05, 0) is 89.9 Å². The minimum atomic E-state index is -0.783. The van der Waals surface area contributed by atoms with Crippen molar-refractivity contribution >= 4 is 17.9 Å². The predicted molar refractivity (Wildman–Crippen MR) is 344 cm³/mol. The van der Waals surface area contributed by atoms with E-state index in [4.69, 9.17) is 14.2 Å². The zero-order chi connectivity index (χ0) is 57.1. The van der Waals surface area contributed by atoms with E-state index in [9.17, 15) is 14.4 Å². The summed E-state index contributed by atoms with van der Waals surface area (Å²) < 4.78 is 17.0. The maximum atomic E-state index is 13.0. The van der Waals surface area contributed by atoms with Crippen LogP contribution in [0.15, 0.2) is 72.9 Å². The minimum Gasteiger partial charge on any atom is -0.462 e. The average molecular weight is 1100 g/mol. The van der Waals surface area contributed by atoms with E-state index in [1.807, 2.05) is 0 Å². The van der Waals surface area contributed by atoms with Crippen LogP contribution in [0.3, 0.4) is 0 Å². The third-order valence-corrected chi connectivity index (χ3v) is 15.2. The molecule has 0 aromatic carbocycles. The summed E-state index contributed by atoms with van der Waals surface area (Å²) in [7, 11) is 0. The molecule has 6 heteroatoms. The Hall–Kier alpha value is -3.15. The van der Waals surface area contributed by atoms with Crippen LogP contribution in [-0.2, 0) is 28.6 Å². The third kappa shape index (κ3) is 65.5. The lowest BCUT2D eigenvalue weighted by Gasteiger charge is -2.18. The van der Waals surface area contributed by atoms with Gasteiger partial charge in [0.05, 0.1) is 0 Å². The Balaban J connectivity index is 4.34. The molecule has 0 N–H and O–H groups in total. The van der Waals surface area contributed by atoms with Crippen LogP contribution < -0.4 is 0 Å². The van der Waals surface area contributed by atoms with Gasteiger partial charge >= 0.3 is 17.9 Å². The second-order valence-corrected chi connectivity index (χ2v) is 23.1. The monoisotopic (exact) mass is 1100 g/mol. The van der Waals surface area contributed by atoms with Crippen molar-refractivity contribution in [2.45, 2.75) is 361 Å². The quantitative estimate of drug-likeness (QED) is 0.0261. The van der Waals surface area contributed by atoms with Crippen molar-refractivity contribution < 1.29 is 28.6 Å². The first kappa shape index (κ1) is 75.8. The lowest BCUT2D eigenvalue weighted by molar-refractivity contribution is -0.167. The zero-order valence-corrected chi connectivity index (χ0v) is 52.6. The fourth-order valence-corrected chi connectivity index (χ4v) is 10.1. The molecule has 1 unspecified atom stereocenters. The Bertz CT molecular complexity index is 1450. The summed E-state index contributed by atoms with van der Waals surface area (Å²) in [5.41, 5.74) is 0. The first-order chi connectivity index (χ1) is 39.0. The van der Waals surface area contributed by atoms with Crippen LogP contribution in [0.1, 0.15) is 355 Å². The van der Waals surface area contributed by atoms with Gasteiger partial charge in [-0.1, -0.05) is 318 Å². The van der Waals surface area contributed by atoms with Crippen molar-refractivity contribution in [2.24, 2.45) is 0 Å². The van der Waals surface area contributed by atoms with Crippen molar-refractivity contribution in [1.29, 1.82) is 0 Å². The average Bonchev–Trinajstić information content (AvgIpc) is 3.45. The molecule has 0 aliphatic heterocycles. The number of carbonyl (C=O) groups excluding carboxylic acids is 3. The molecule has 458 valence electrons. The first-order valence-corrected chi connectivity index (χ1v) is 34.4. The highest BCUT2D eigenvalue weighted by Crippen LogP contribution is 2.18. The summed E-state index contributed by atoms with van der Waals surface area (Å²) in [5, 5.41) is 0. The van der Waals surface area contributed by atoms with Crippen molar-refractivity contribution in [3.63, 3.8) is 0 Å². The fraction of sp³-hybridized carbons (Fsp3) is 0.795. The molecule has 0 fully saturated rings. The fourth-order valence-electron chi connectivity index (χ4n) is 10.1. The number of hydrogen-bond acceptors (Lipinski definition) is 6. The molecule has 0 bridgehead atoms. The molecule has 0 saturated heterocycles.